The van der Waals surface area contributed by atoms with Gasteiger partial charge in [-0.3, -0.25) is 0 Å². The van der Waals surface area contributed by atoms with Crippen LogP contribution in [0.4, 0.5) is 11.5 Å². The Bertz CT molecular complexity index is 331. The molecule has 0 amide bonds. The van der Waals surface area contributed by atoms with Crippen molar-refractivity contribution < 1.29 is 4.74 Å². The first kappa shape index (κ1) is 12.5. The van der Waals surface area contributed by atoms with Crippen molar-refractivity contribution in [3.63, 3.8) is 0 Å². The van der Waals surface area contributed by atoms with Crippen molar-refractivity contribution in [2.24, 2.45) is 0 Å². The third-order valence-electron chi connectivity index (χ3n) is 2.17. The molecular formula is C10H19N5O. The summed E-state index contributed by atoms with van der Waals surface area (Å²) in [5.74, 6) is 1.15. The quantitative estimate of drug-likeness (QED) is 0.716. The summed E-state index contributed by atoms with van der Waals surface area (Å²) in [4.78, 5) is 10.1. The minimum absolute atomic E-state index is 0.448. The molecule has 0 saturated carbocycles. The summed E-state index contributed by atoms with van der Waals surface area (Å²) in [5.41, 5.74) is 6.42. The van der Waals surface area contributed by atoms with Crippen LogP contribution in [0.2, 0.25) is 0 Å². The van der Waals surface area contributed by atoms with Gasteiger partial charge >= 0.3 is 0 Å². The molecule has 6 heteroatoms. The van der Waals surface area contributed by atoms with Gasteiger partial charge in [0.2, 0.25) is 5.88 Å². The number of rotatable bonds is 6. The third-order valence-corrected chi connectivity index (χ3v) is 2.17. The van der Waals surface area contributed by atoms with Gasteiger partial charge in [-0.05, 0) is 14.0 Å². The number of nitrogen functional groups attached to an aromatic ring is 1. The summed E-state index contributed by atoms with van der Waals surface area (Å²) < 4.78 is 5.31. The molecule has 90 valence electrons. The lowest BCUT2D eigenvalue weighted by Crippen LogP contribution is -2.28. The number of aromatic nitrogens is 2. The number of hydrogen-bond donors (Lipinski definition) is 2. The zero-order valence-corrected chi connectivity index (χ0v) is 10.0. The van der Waals surface area contributed by atoms with E-state index in [9.17, 15) is 0 Å². The highest BCUT2D eigenvalue weighted by molar-refractivity contribution is 5.67. The van der Waals surface area contributed by atoms with Gasteiger partial charge in [0, 0.05) is 20.1 Å². The van der Waals surface area contributed by atoms with Crippen LogP contribution in [0.15, 0.2) is 6.33 Å². The van der Waals surface area contributed by atoms with Crippen LogP contribution in [0.1, 0.15) is 6.92 Å². The molecule has 1 rings (SSSR count). The second-order valence-corrected chi connectivity index (χ2v) is 3.37. The lowest BCUT2D eigenvalue weighted by Gasteiger charge is -2.20. The van der Waals surface area contributed by atoms with E-state index in [0.717, 1.165) is 13.1 Å². The van der Waals surface area contributed by atoms with Gasteiger partial charge in [0.25, 0.3) is 0 Å². The van der Waals surface area contributed by atoms with Crippen molar-refractivity contribution in [1.82, 2.24) is 15.3 Å². The highest BCUT2D eigenvalue weighted by atomic mass is 16.5. The number of nitrogens with one attached hydrogen (secondary N) is 1. The molecule has 0 radical (unpaired) electrons. The summed E-state index contributed by atoms with van der Waals surface area (Å²) in [7, 11) is 3.84. The molecule has 16 heavy (non-hydrogen) atoms. The number of ether oxygens (including phenoxy) is 1. The molecule has 0 aliphatic rings. The van der Waals surface area contributed by atoms with Crippen LogP contribution in [-0.4, -0.2) is 43.8 Å². The summed E-state index contributed by atoms with van der Waals surface area (Å²) >= 11 is 0. The van der Waals surface area contributed by atoms with E-state index in [1.54, 1.807) is 0 Å². The van der Waals surface area contributed by atoms with Gasteiger partial charge in [-0.2, -0.15) is 4.98 Å². The SMILES string of the molecule is CCOc1ncnc(N(C)CCNC)c1N. The summed E-state index contributed by atoms with van der Waals surface area (Å²) in [5, 5.41) is 3.07. The monoisotopic (exact) mass is 225 g/mol. The minimum atomic E-state index is 0.448. The fourth-order valence-electron chi connectivity index (χ4n) is 1.31. The Hall–Kier alpha value is -1.56. The first-order valence-corrected chi connectivity index (χ1v) is 5.29. The summed E-state index contributed by atoms with van der Waals surface area (Å²) in [6, 6.07) is 0. The van der Waals surface area contributed by atoms with Gasteiger partial charge in [0.15, 0.2) is 5.82 Å². The van der Waals surface area contributed by atoms with Crippen LogP contribution < -0.4 is 20.7 Å². The predicted molar refractivity (Wildman–Crippen MR) is 64.8 cm³/mol. The number of likely N-dealkylation sites (N-methyl/N-ethyl adjacent to an activating group) is 2. The van der Waals surface area contributed by atoms with E-state index in [-0.39, 0.29) is 0 Å². The molecule has 0 aromatic carbocycles. The van der Waals surface area contributed by atoms with Crippen LogP contribution in [0.5, 0.6) is 5.88 Å². The standard InChI is InChI=1S/C10H19N5O/c1-4-16-10-8(11)9(13-7-14-10)15(3)6-5-12-2/h7,12H,4-6,11H2,1-3H3. The molecule has 0 aliphatic carbocycles. The predicted octanol–water partition coefficient (Wildman–Crippen LogP) is 0.113. The minimum Gasteiger partial charge on any atom is -0.476 e. The second-order valence-electron chi connectivity index (χ2n) is 3.37. The van der Waals surface area contributed by atoms with E-state index >= 15 is 0 Å². The maximum atomic E-state index is 5.93. The Morgan fingerprint density at radius 3 is 2.88 bits per heavy atom. The van der Waals surface area contributed by atoms with Crippen LogP contribution in [0, 0.1) is 0 Å². The zero-order chi connectivity index (χ0) is 12.0. The topological polar surface area (TPSA) is 76.3 Å². The molecule has 0 saturated heterocycles. The lowest BCUT2D eigenvalue weighted by molar-refractivity contribution is 0.328. The van der Waals surface area contributed by atoms with E-state index in [2.05, 4.69) is 15.3 Å². The molecule has 0 fully saturated rings. The van der Waals surface area contributed by atoms with Crippen molar-refractivity contribution in [2.75, 3.05) is 44.4 Å². The van der Waals surface area contributed by atoms with Gasteiger partial charge < -0.3 is 20.7 Å². The fraction of sp³-hybridized carbons (Fsp3) is 0.600. The Labute approximate surface area is 95.8 Å². The average Bonchev–Trinajstić information content (AvgIpc) is 2.29. The zero-order valence-electron chi connectivity index (χ0n) is 10.0. The molecule has 1 heterocycles. The first-order chi connectivity index (χ1) is 7.70. The molecule has 3 N–H and O–H groups in total. The Morgan fingerprint density at radius 1 is 1.50 bits per heavy atom. The van der Waals surface area contributed by atoms with Crippen LogP contribution >= 0.6 is 0 Å². The number of nitrogens with zero attached hydrogens (tertiary/aromatic N) is 3. The second kappa shape index (κ2) is 6.12. The van der Waals surface area contributed by atoms with E-state index in [1.807, 2.05) is 25.9 Å². The van der Waals surface area contributed by atoms with Crippen molar-refractivity contribution >= 4 is 11.5 Å². The van der Waals surface area contributed by atoms with Crippen molar-refractivity contribution in [1.29, 1.82) is 0 Å². The molecule has 0 spiro atoms. The van der Waals surface area contributed by atoms with Gasteiger partial charge in [0.1, 0.15) is 12.0 Å². The average molecular weight is 225 g/mol. The molecule has 0 aliphatic heterocycles. The first-order valence-electron chi connectivity index (χ1n) is 5.29. The summed E-state index contributed by atoms with van der Waals surface area (Å²) in [6.07, 6.45) is 1.46. The van der Waals surface area contributed by atoms with Crippen LogP contribution in [0.3, 0.4) is 0 Å². The lowest BCUT2D eigenvalue weighted by atomic mass is 10.4. The Kier molecular flexibility index (Phi) is 4.78. The van der Waals surface area contributed by atoms with Crippen molar-refractivity contribution in [3.05, 3.63) is 6.33 Å². The van der Waals surface area contributed by atoms with E-state index in [1.165, 1.54) is 6.33 Å². The molecule has 6 nitrogen and oxygen atoms in total. The summed E-state index contributed by atoms with van der Waals surface area (Å²) in [6.45, 7) is 4.13. The third kappa shape index (κ3) is 2.96. The van der Waals surface area contributed by atoms with E-state index in [4.69, 9.17) is 10.5 Å². The maximum absolute atomic E-state index is 5.93. The van der Waals surface area contributed by atoms with Crippen molar-refractivity contribution in [2.45, 2.75) is 6.92 Å². The Morgan fingerprint density at radius 2 is 2.25 bits per heavy atom. The fourth-order valence-corrected chi connectivity index (χ4v) is 1.31. The van der Waals surface area contributed by atoms with Gasteiger partial charge in [-0.15, -0.1) is 0 Å². The number of anilines is 2. The van der Waals surface area contributed by atoms with Crippen molar-refractivity contribution in [3.8, 4) is 5.88 Å². The number of nitrogens with two attached hydrogens (primary N) is 1. The smallest absolute Gasteiger partial charge is 0.242 e. The van der Waals surface area contributed by atoms with Crippen LogP contribution in [-0.2, 0) is 0 Å². The maximum Gasteiger partial charge on any atom is 0.242 e. The largest absolute Gasteiger partial charge is 0.476 e. The normalized spacial score (nSPS) is 10.2. The molecular weight excluding hydrogens is 206 g/mol. The highest BCUT2D eigenvalue weighted by Crippen LogP contribution is 2.26. The molecule has 0 atom stereocenters. The van der Waals surface area contributed by atoms with Gasteiger partial charge in [0.05, 0.1) is 6.61 Å². The van der Waals surface area contributed by atoms with Gasteiger partial charge in [-0.1, -0.05) is 0 Å². The highest BCUT2D eigenvalue weighted by Gasteiger charge is 2.12. The molecule has 0 bridgehead atoms. The molecule has 1 aromatic heterocycles. The Balaban J connectivity index is 2.82. The van der Waals surface area contributed by atoms with E-state index in [0.29, 0.717) is 24.0 Å². The molecule has 1 aromatic rings. The van der Waals surface area contributed by atoms with Crippen LogP contribution in [0.25, 0.3) is 0 Å². The number of hydrogen-bond acceptors (Lipinski definition) is 6. The van der Waals surface area contributed by atoms with E-state index < -0.39 is 0 Å². The molecule has 0 unspecified atom stereocenters. The van der Waals surface area contributed by atoms with Gasteiger partial charge in [-0.25, -0.2) is 4.98 Å².